The molecule has 2 heterocycles. The lowest BCUT2D eigenvalue weighted by atomic mass is 9.94. The molecule has 1 aromatic rings. The molecule has 126 valence electrons. The number of hydrogen-bond donors (Lipinski definition) is 1. The Labute approximate surface area is 130 Å². The Kier molecular flexibility index (Phi) is 4.89. The summed E-state index contributed by atoms with van der Waals surface area (Å²) in [6, 6.07) is 0. The summed E-state index contributed by atoms with van der Waals surface area (Å²) in [4.78, 5) is 34.8. The summed E-state index contributed by atoms with van der Waals surface area (Å²) in [7, 11) is 1.53. The summed E-state index contributed by atoms with van der Waals surface area (Å²) >= 11 is 0. The maximum absolute atomic E-state index is 11.3. The lowest BCUT2D eigenvalue weighted by Crippen LogP contribution is -2.35. The number of aryl methyl sites for hydroxylation is 1. The molecule has 1 aliphatic rings. The van der Waals surface area contributed by atoms with Crippen LogP contribution in [-0.4, -0.2) is 55.6 Å². The van der Waals surface area contributed by atoms with Crippen LogP contribution in [0.25, 0.3) is 0 Å². The molecule has 0 spiro atoms. The zero-order chi connectivity index (χ0) is 17.1. The number of nitrogens with zero attached hydrogens (tertiary/aromatic N) is 4. The van der Waals surface area contributed by atoms with E-state index in [1.807, 2.05) is 0 Å². The maximum Gasteiger partial charge on any atom is 0.305 e. The molecule has 11 nitrogen and oxygen atoms in total. The average Bonchev–Trinajstić information content (AvgIpc) is 2.95. The minimum Gasteiger partial charge on any atom is -0.481 e. The first-order valence-electron chi connectivity index (χ1n) is 6.73. The zero-order valence-corrected chi connectivity index (χ0v) is 12.7. The normalized spacial score (nSPS) is 26.7. The van der Waals surface area contributed by atoms with E-state index in [9.17, 15) is 14.4 Å². The minimum atomic E-state index is -1.24. The summed E-state index contributed by atoms with van der Waals surface area (Å²) in [5.74, 6) is -3.16. The number of carbonyl (C=O) groups is 3. The second-order valence-electron chi connectivity index (χ2n) is 5.01. The molecule has 0 amide bonds. The highest BCUT2D eigenvalue weighted by Gasteiger charge is 2.51. The van der Waals surface area contributed by atoms with Gasteiger partial charge in [0.15, 0.2) is 6.10 Å². The Balaban J connectivity index is 2.33. The lowest BCUT2D eigenvalue weighted by molar-refractivity contribution is -0.195. The van der Waals surface area contributed by atoms with Gasteiger partial charge in [0.25, 0.3) is 0 Å². The summed E-state index contributed by atoms with van der Waals surface area (Å²) in [6.45, 7) is 2.32. The van der Waals surface area contributed by atoms with E-state index in [-0.39, 0.29) is 5.82 Å². The van der Waals surface area contributed by atoms with Crippen LogP contribution in [0, 0.1) is 5.92 Å². The predicted octanol–water partition coefficient (Wildman–Crippen LogP) is -0.807. The standard InChI is InChI=1S/C12H16N4O7/c1-5(17)21-10-7(4-8(19)20)9(11-13-15-16(3)14-11)23-12(10)22-6(2)18/h7,9-10,12H,4H2,1-3H3,(H,19,20)/t7-,9-,10-,12+/m1/s1. The molecule has 1 saturated heterocycles. The fraction of sp³-hybridized carbons (Fsp3) is 0.667. The van der Waals surface area contributed by atoms with Gasteiger partial charge in [0.2, 0.25) is 12.1 Å². The van der Waals surface area contributed by atoms with E-state index in [1.54, 1.807) is 0 Å². The molecule has 2 rings (SSSR count). The van der Waals surface area contributed by atoms with Crippen molar-refractivity contribution in [1.82, 2.24) is 20.2 Å². The van der Waals surface area contributed by atoms with Gasteiger partial charge in [-0.3, -0.25) is 14.4 Å². The third-order valence-corrected chi connectivity index (χ3v) is 3.13. The topological polar surface area (TPSA) is 143 Å². The highest BCUT2D eigenvalue weighted by molar-refractivity contribution is 5.69. The second-order valence-corrected chi connectivity index (χ2v) is 5.01. The zero-order valence-electron chi connectivity index (χ0n) is 12.7. The highest BCUT2D eigenvalue weighted by atomic mass is 16.7. The molecule has 1 fully saturated rings. The van der Waals surface area contributed by atoms with E-state index < -0.39 is 48.7 Å². The highest BCUT2D eigenvalue weighted by Crippen LogP contribution is 2.41. The van der Waals surface area contributed by atoms with E-state index in [1.165, 1.54) is 11.8 Å². The quantitative estimate of drug-likeness (QED) is 0.682. The molecule has 0 saturated carbocycles. The predicted molar refractivity (Wildman–Crippen MR) is 69.5 cm³/mol. The number of hydrogen-bond acceptors (Lipinski definition) is 9. The van der Waals surface area contributed by atoms with Crippen molar-refractivity contribution >= 4 is 17.9 Å². The van der Waals surface area contributed by atoms with Gasteiger partial charge in [0, 0.05) is 19.8 Å². The number of ether oxygens (including phenoxy) is 3. The van der Waals surface area contributed by atoms with Crippen molar-refractivity contribution in [2.24, 2.45) is 13.0 Å². The number of rotatable bonds is 5. The van der Waals surface area contributed by atoms with Gasteiger partial charge in [-0.15, -0.1) is 10.2 Å². The van der Waals surface area contributed by atoms with Gasteiger partial charge in [-0.1, -0.05) is 0 Å². The monoisotopic (exact) mass is 328 g/mol. The minimum absolute atomic E-state index is 0.116. The van der Waals surface area contributed by atoms with Crippen LogP contribution >= 0.6 is 0 Å². The van der Waals surface area contributed by atoms with Gasteiger partial charge < -0.3 is 19.3 Å². The summed E-state index contributed by atoms with van der Waals surface area (Å²) in [6.07, 6.45) is -3.65. The fourth-order valence-corrected chi connectivity index (χ4v) is 2.38. The average molecular weight is 328 g/mol. The number of esters is 2. The third kappa shape index (κ3) is 4.00. The first-order valence-corrected chi connectivity index (χ1v) is 6.73. The Morgan fingerprint density at radius 3 is 2.39 bits per heavy atom. The molecule has 1 aromatic heterocycles. The Hall–Kier alpha value is -2.56. The van der Waals surface area contributed by atoms with Crippen molar-refractivity contribution in [2.45, 2.75) is 38.8 Å². The molecule has 11 heteroatoms. The number of carbonyl (C=O) groups excluding carboxylic acids is 2. The van der Waals surface area contributed by atoms with Crippen LogP contribution < -0.4 is 0 Å². The van der Waals surface area contributed by atoms with Gasteiger partial charge in [0.05, 0.1) is 13.5 Å². The van der Waals surface area contributed by atoms with E-state index >= 15 is 0 Å². The van der Waals surface area contributed by atoms with Gasteiger partial charge >= 0.3 is 17.9 Å². The Morgan fingerprint density at radius 1 is 1.26 bits per heavy atom. The first kappa shape index (κ1) is 16.8. The number of carboxylic acids is 1. The second kappa shape index (κ2) is 6.69. The van der Waals surface area contributed by atoms with Crippen molar-refractivity contribution in [3.8, 4) is 0 Å². The van der Waals surface area contributed by atoms with Crippen LogP contribution in [0.3, 0.4) is 0 Å². The van der Waals surface area contributed by atoms with E-state index in [0.29, 0.717) is 0 Å². The molecule has 0 aliphatic carbocycles. The van der Waals surface area contributed by atoms with E-state index in [4.69, 9.17) is 19.3 Å². The van der Waals surface area contributed by atoms with Crippen molar-refractivity contribution in [1.29, 1.82) is 0 Å². The molecule has 0 bridgehead atoms. The molecule has 0 radical (unpaired) electrons. The maximum atomic E-state index is 11.3. The van der Waals surface area contributed by atoms with Crippen molar-refractivity contribution in [2.75, 3.05) is 0 Å². The van der Waals surface area contributed by atoms with Crippen LogP contribution in [0.4, 0.5) is 0 Å². The van der Waals surface area contributed by atoms with E-state index in [0.717, 1.165) is 13.8 Å². The van der Waals surface area contributed by atoms with Crippen molar-refractivity contribution in [3.63, 3.8) is 0 Å². The SMILES string of the molecule is CC(=O)O[C@H]1O[C@@H](c2nnn(C)n2)[C@@H](CC(=O)O)[C@H]1OC(C)=O. The third-order valence-electron chi connectivity index (χ3n) is 3.13. The summed E-state index contributed by atoms with van der Waals surface area (Å²) in [5, 5.41) is 20.5. The fourth-order valence-electron chi connectivity index (χ4n) is 2.38. The molecule has 0 unspecified atom stereocenters. The van der Waals surface area contributed by atoms with Gasteiger partial charge in [-0.25, -0.2) is 0 Å². The van der Waals surface area contributed by atoms with Crippen molar-refractivity contribution < 1.29 is 33.7 Å². The Bertz CT molecular complexity index is 616. The van der Waals surface area contributed by atoms with Crippen molar-refractivity contribution in [3.05, 3.63) is 5.82 Å². The number of tetrazole rings is 1. The molecule has 4 atom stereocenters. The van der Waals surface area contributed by atoms with Crippen LogP contribution in [0.15, 0.2) is 0 Å². The number of aliphatic carboxylic acids is 1. The van der Waals surface area contributed by atoms with Crippen LogP contribution in [0.1, 0.15) is 32.2 Å². The van der Waals surface area contributed by atoms with Crippen LogP contribution in [0.5, 0.6) is 0 Å². The number of carboxylic acid groups (broad SMARTS) is 1. The smallest absolute Gasteiger partial charge is 0.305 e. The largest absolute Gasteiger partial charge is 0.481 e. The van der Waals surface area contributed by atoms with E-state index in [2.05, 4.69) is 15.4 Å². The molecular weight excluding hydrogens is 312 g/mol. The molecule has 0 aromatic carbocycles. The van der Waals surface area contributed by atoms with Gasteiger partial charge in [-0.05, 0) is 5.21 Å². The van der Waals surface area contributed by atoms with Gasteiger partial charge in [-0.2, -0.15) is 4.80 Å². The lowest BCUT2D eigenvalue weighted by Gasteiger charge is -2.21. The van der Waals surface area contributed by atoms with Crippen LogP contribution in [-0.2, 0) is 35.6 Å². The summed E-state index contributed by atoms with van der Waals surface area (Å²) in [5.41, 5.74) is 0. The molecule has 23 heavy (non-hydrogen) atoms. The number of aromatic nitrogens is 4. The molecule has 1 N–H and O–H groups in total. The Morgan fingerprint density at radius 2 is 1.91 bits per heavy atom. The van der Waals surface area contributed by atoms with Gasteiger partial charge in [0.1, 0.15) is 6.10 Å². The first-order chi connectivity index (χ1) is 10.8. The molecular formula is C12H16N4O7. The summed E-state index contributed by atoms with van der Waals surface area (Å²) < 4.78 is 15.6. The molecule has 1 aliphatic heterocycles. The van der Waals surface area contributed by atoms with Crippen LogP contribution in [0.2, 0.25) is 0 Å².